The van der Waals surface area contributed by atoms with Crippen LogP contribution in [0, 0.1) is 5.92 Å². The maximum absolute atomic E-state index is 5.52. The Kier molecular flexibility index (Phi) is 6.08. The molecule has 4 nitrogen and oxygen atoms in total. The Morgan fingerprint density at radius 3 is 2.50 bits per heavy atom. The van der Waals surface area contributed by atoms with E-state index < -0.39 is 0 Å². The lowest BCUT2D eigenvalue weighted by atomic mass is 10.0. The van der Waals surface area contributed by atoms with Crippen LogP contribution in [0.3, 0.4) is 0 Å². The lowest BCUT2D eigenvalue weighted by Crippen LogP contribution is -2.53. The fourth-order valence-corrected chi connectivity index (χ4v) is 3.07. The first-order chi connectivity index (χ1) is 9.56. The minimum atomic E-state index is 0.599. The van der Waals surface area contributed by atoms with Crippen LogP contribution in [0.5, 0.6) is 0 Å². The van der Waals surface area contributed by atoms with Crippen molar-refractivity contribution in [2.75, 3.05) is 39.8 Å². The monoisotopic (exact) mass is 343 g/mol. The van der Waals surface area contributed by atoms with Crippen LogP contribution in [-0.4, -0.2) is 55.6 Å². The van der Waals surface area contributed by atoms with Gasteiger partial charge in [0.2, 0.25) is 0 Å². The summed E-state index contributed by atoms with van der Waals surface area (Å²) in [5.41, 5.74) is 0. The molecular formula is C15H26BrN3O. The van der Waals surface area contributed by atoms with Gasteiger partial charge in [-0.05, 0) is 41.0 Å². The van der Waals surface area contributed by atoms with Gasteiger partial charge in [-0.25, -0.2) is 0 Å². The first-order valence-corrected chi connectivity index (χ1v) is 8.23. The van der Waals surface area contributed by atoms with E-state index in [4.69, 9.17) is 4.42 Å². The van der Waals surface area contributed by atoms with Crippen molar-refractivity contribution in [1.82, 2.24) is 15.1 Å². The van der Waals surface area contributed by atoms with Crippen LogP contribution in [0.4, 0.5) is 0 Å². The van der Waals surface area contributed by atoms with Gasteiger partial charge >= 0.3 is 0 Å². The molecule has 1 saturated heterocycles. The van der Waals surface area contributed by atoms with Gasteiger partial charge in [0.15, 0.2) is 4.67 Å². The molecule has 1 aliphatic heterocycles. The van der Waals surface area contributed by atoms with E-state index in [-0.39, 0.29) is 0 Å². The number of hydrogen-bond acceptors (Lipinski definition) is 4. The SMILES string of the molecule is CC(C)C(CNCc1ccc(Br)o1)N1CCN(C)CC1. The van der Waals surface area contributed by atoms with Crippen LogP contribution >= 0.6 is 15.9 Å². The molecule has 0 saturated carbocycles. The lowest BCUT2D eigenvalue weighted by Gasteiger charge is -2.40. The number of hydrogen-bond donors (Lipinski definition) is 1. The second kappa shape index (κ2) is 7.59. The zero-order chi connectivity index (χ0) is 14.5. The van der Waals surface area contributed by atoms with Crippen molar-refractivity contribution >= 4 is 15.9 Å². The molecule has 1 fully saturated rings. The van der Waals surface area contributed by atoms with Crippen molar-refractivity contribution in [3.05, 3.63) is 22.6 Å². The van der Waals surface area contributed by atoms with Crippen LogP contribution in [0.2, 0.25) is 0 Å². The summed E-state index contributed by atoms with van der Waals surface area (Å²) in [6, 6.07) is 4.55. The summed E-state index contributed by atoms with van der Waals surface area (Å²) < 4.78 is 6.32. The van der Waals surface area contributed by atoms with E-state index in [0.717, 1.165) is 23.5 Å². The van der Waals surface area contributed by atoms with Gasteiger partial charge < -0.3 is 14.6 Å². The fourth-order valence-electron chi connectivity index (χ4n) is 2.73. The zero-order valence-electron chi connectivity index (χ0n) is 12.7. The third-order valence-corrected chi connectivity index (χ3v) is 4.48. The molecule has 1 N–H and O–H groups in total. The Balaban J connectivity index is 1.80. The molecule has 0 aromatic carbocycles. The van der Waals surface area contributed by atoms with E-state index in [0.29, 0.717) is 12.0 Å². The summed E-state index contributed by atoms with van der Waals surface area (Å²) in [7, 11) is 2.20. The summed E-state index contributed by atoms with van der Waals surface area (Å²) in [4.78, 5) is 5.03. The predicted octanol–water partition coefficient (Wildman–Crippen LogP) is 2.40. The van der Waals surface area contributed by atoms with Crippen molar-refractivity contribution in [3.63, 3.8) is 0 Å². The number of likely N-dealkylation sites (N-methyl/N-ethyl adjacent to an activating group) is 1. The van der Waals surface area contributed by atoms with E-state index >= 15 is 0 Å². The van der Waals surface area contributed by atoms with Crippen LogP contribution in [0.15, 0.2) is 21.2 Å². The van der Waals surface area contributed by atoms with Crippen molar-refractivity contribution in [2.45, 2.75) is 26.4 Å². The lowest BCUT2D eigenvalue weighted by molar-refractivity contribution is 0.0872. The minimum Gasteiger partial charge on any atom is -0.453 e. The molecule has 1 unspecified atom stereocenters. The van der Waals surface area contributed by atoms with Crippen molar-refractivity contribution in [1.29, 1.82) is 0 Å². The molecule has 2 rings (SSSR count). The molecule has 1 aromatic heterocycles. The number of halogens is 1. The average molecular weight is 344 g/mol. The number of rotatable bonds is 6. The van der Waals surface area contributed by atoms with Gasteiger partial charge in [0.1, 0.15) is 5.76 Å². The van der Waals surface area contributed by atoms with Crippen LogP contribution in [0.25, 0.3) is 0 Å². The highest BCUT2D eigenvalue weighted by Gasteiger charge is 2.24. The van der Waals surface area contributed by atoms with Gasteiger partial charge in [-0.3, -0.25) is 4.90 Å². The number of nitrogens with zero attached hydrogens (tertiary/aromatic N) is 2. The van der Waals surface area contributed by atoms with Gasteiger partial charge in [0.05, 0.1) is 6.54 Å². The standard InChI is InChI=1S/C15H26BrN3O/c1-12(2)14(19-8-6-18(3)7-9-19)11-17-10-13-4-5-15(16)20-13/h4-5,12,14,17H,6-11H2,1-3H3. The predicted molar refractivity (Wildman–Crippen MR) is 85.8 cm³/mol. The van der Waals surface area contributed by atoms with E-state index in [1.165, 1.54) is 26.2 Å². The smallest absolute Gasteiger partial charge is 0.169 e. The third-order valence-electron chi connectivity index (χ3n) is 4.06. The molecule has 0 bridgehead atoms. The van der Waals surface area contributed by atoms with Gasteiger partial charge in [-0.15, -0.1) is 0 Å². The van der Waals surface area contributed by atoms with Gasteiger partial charge in [-0.1, -0.05) is 13.8 Å². The highest BCUT2D eigenvalue weighted by molar-refractivity contribution is 9.10. The Labute approximate surface area is 130 Å². The van der Waals surface area contributed by atoms with Gasteiger partial charge in [-0.2, -0.15) is 0 Å². The quantitative estimate of drug-likeness (QED) is 0.859. The summed E-state index contributed by atoms with van der Waals surface area (Å²) >= 11 is 3.34. The zero-order valence-corrected chi connectivity index (χ0v) is 14.3. The summed E-state index contributed by atoms with van der Waals surface area (Å²) in [6.45, 7) is 11.1. The molecule has 1 aliphatic rings. The van der Waals surface area contributed by atoms with Crippen LogP contribution in [-0.2, 0) is 6.54 Å². The van der Waals surface area contributed by atoms with Crippen LogP contribution < -0.4 is 5.32 Å². The molecule has 0 radical (unpaired) electrons. The summed E-state index contributed by atoms with van der Waals surface area (Å²) in [5.74, 6) is 1.65. The summed E-state index contributed by atoms with van der Waals surface area (Å²) in [5, 5.41) is 3.54. The Hall–Kier alpha value is -0.360. The molecule has 0 aliphatic carbocycles. The largest absolute Gasteiger partial charge is 0.453 e. The summed E-state index contributed by atoms with van der Waals surface area (Å²) in [6.07, 6.45) is 0. The second-order valence-corrected chi connectivity index (χ2v) is 6.77. The molecule has 0 spiro atoms. The van der Waals surface area contributed by atoms with Crippen LogP contribution in [0.1, 0.15) is 19.6 Å². The maximum Gasteiger partial charge on any atom is 0.169 e. The molecule has 20 heavy (non-hydrogen) atoms. The number of piperazine rings is 1. The Morgan fingerprint density at radius 2 is 1.95 bits per heavy atom. The van der Waals surface area contributed by atoms with Crippen molar-refractivity contribution in [3.8, 4) is 0 Å². The van der Waals surface area contributed by atoms with E-state index in [2.05, 4.69) is 51.9 Å². The van der Waals surface area contributed by atoms with Gasteiger partial charge in [0, 0.05) is 38.8 Å². The normalized spacial score (nSPS) is 19.6. The average Bonchev–Trinajstić information content (AvgIpc) is 2.81. The first-order valence-electron chi connectivity index (χ1n) is 7.44. The molecule has 1 atom stereocenters. The highest BCUT2D eigenvalue weighted by atomic mass is 79.9. The maximum atomic E-state index is 5.52. The highest BCUT2D eigenvalue weighted by Crippen LogP contribution is 2.15. The fraction of sp³-hybridized carbons (Fsp3) is 0.733. The molecule has 1 aromatic rings. The molecular weight excluding hydrogens is 318 g/mol. The molecule has 0 amide bonds. The minimum absolute atomic E-state index is 0.599. The topological polar surface area (TPSA) is 31.7 Å². The third kappa shape index (κ3) is 4.58. The van der Waals surface area contributed by atoms with E-state index in [9.17, 15) is 0 Å². The Morgan fingerprint density at radius 1 is 1.25 bits per heavy atom. The van der Waals surface area contributed by atoms with Crippen molar-refractivity contribution in [2.24, 2.45) is 5.92 Å². The van der Waals surface area contributed by atoms with E-state index in [1.54, 1.807) is 0 Å². The second-order valence-electron chi connectivity index (χ2n) is 5.99. The molecule has 2 heterocycles. The first kappa shape index (κ1) is 16.0. The van der Waals surface area contributed by atoms with E-state index in [1.807, 2.05) is 12.1 Å². The molecule has 5 heteroatoms. The van der Waals surface area contributed by atoms with Gasteiger partial charge in [0.25, 0.3) is 0 Å². The molecule has 114 valence electrons. The Bertz CT molecular complexity index is 400. The number of nitrogens with one attached hydrogen (secondary N) is 1. The van der Waals surface area contributed by atoms with Crippen molar-refractivity contribution < 1.29 is 4.42 Å². The number of furan rings is 1.